The summed E-state index contributed by atoms with van der Waals surface area (Å²) >= 11 is 0. The number of carbonyl (C=O) groups excluding carboxylic acids is 2. The van der Waals surface area contributed by atoms with E-state index < -0.39 is 0 Å². The van der Waals surface area contributed by atoms with Gasteiger partial charge in [-0.2, -0.15) is 0 Å². The standard InChI is InChI=1S/C22H23N5O3/c28-20-4-3-11-27(20)15-7-5-14(6-8-15)21(29)23-18-12-16-17(25-22(30)24-16)13-19(18)26-9-1-2-10-26/h5-8,12-13H,1-4,9-11H2,(H,23,29)(H2,24,25,30). The molecule has 30 heavy (non-hydrogen) atoms. The quantitative estimate of drug-likeness (QED) is 0.621. The number of aromatic amines is 2. The fourth-order valence-electron chi connectivity index (χ4n) is 4.30. The highest BCUT2D eigenvalue weighted by Gasteiger charge is 2.22. The van der Waals surface area contributed by atoms with Crippen LogP contribution in [0.15, 0.2) is 41.2 Å². The van der Waals surface area contributed by atoms with Crippen molar-refractivity contribution in [3.05, 3.63) is 52.4 Å². The Balaban J connectivity index is 1.42. The lowest BCUT2D eigenvalue weighted by molar-refractivity contribution is -0.117. The third-order valence-electron chi connectivity index (χ3n) is 5.84. The molecule has 8 heteroatoms. The second-order valence-corrected chi connectivity index (χ2v) is 7.84. The van der Waals surface area contributed by atoms with Gasteiger partial charge in [0.1, 0.15) is 0 Å². The number of aromatic nitrogens is 2. The number of hydrogen-bond acceptors (Lipinski definition) is 4. The van der Waals surface area contributed by atoms with Gasteiger partial charge >= 0.3 is 5.69 Å². The Morgan fingerprint density at radius 1 is 0.900 bits per heavy atom. The van der Waals surface area contributed by atoms with E-state index in [1.807, 2.05) is 18.2 Å². The molecular weight excluding hydrogens is 382 g/mol. The molecule has 2 saturated heterocycles. The highest BCUT2D eigenvalue weighted by atomic mass is 16.2. The molecule has 0 radical (unpaired) electrons. The van der Waals surface area contributed by atoms with Gasteiger partial charge in [-0.25, -0.2) is 4.79 Å². The van der Waals surface area contributed by atoms with Crippen LogP contribution in [0.3, 0.4) is 0 Å². The molecular formula is C22H23N5O3. The number of rotatable bonds is 4. The van der Waals surface area contributed by atoms with Crippen molar-refractivity contribution < 1.29 is 9.59 Å². The van der Waals surface area contributed by atoms with Crippen LogP contribution < -0.4 is 20.8 Å². The zero-order chi connectivity index (χ0) is 20.7. The van der Waals surface area contributed by atoms with E-state index in [-0.39, 0.29) is 17.5 Å². The molecule has 0 spiro atoms. The maximum atomic E-state index is 12.9. The average Bonchev–Trinajstić information content (AvgIpc) is 3.48. The monoisotopic (exact) mass is 405 g/mol. The van der Waals surface area contributed by atoms with Gasteiger partial charge in [0.2, 0.25) is 5.91 Å². The molecule has 5 rings (SSSR count). The van der Waals surface area contributed by atoms with Crippen LogP contribution in [-0.2, 0) is 4.79 Å². The first kappa shape index (κ1) is 18.5. The first-order valence-electron chi connectivity index (χ1n) is 10.3. The van der Waals surface area contributed by atoms with Crippen LogP contribution in [0.4, 0.5) is 17.1 Å². The highest BCUT2D eigenvalue weighted by molar-refractivity contribution is 6.07. The Kier molecular flexibility index (Phi) is 4.54. The zero-order valence-corrected chi connectivity index (χ0v) is 16.5. The van der Waals surface area contributed by atoms with Crippen molar-refractivity contribution in [3.8, 4) is 0 Å². The van der Waals surface area contributed by atoms with Crippen molar-refractivity contribution in [1.29, 1.82) is 0 Å². The van der Waals surface area contributed by atoms with E-state index in [9.17, 15) is 14.4 Å². The lowest BCUT2D eigenvalue weighted by Crippen LogP contribution is -2.24. The maximum Gasteiger partial charge on any atom is 0.323 e. The molecule has 2 aliphatic rings. The Morgan fingerprint density at radius 2 is 1.60 bits per heavy atom. The van der Waals surface area contributed by atoms with Gasteiger partial charge in [0, 0.05) is 37.3 Å². The van der Waals surface area contributed by atoms with E-state index in [1.165, 1.54) is 0 Å². The van der Waals surface area contributed by atoms with Gasteiger partial charge in [-0.3, -0.25) is 9.59 Å². The SMILES string of the molecule is O=C(Nc1cc2[nH]c(=O)[nH]c2cc1N1CCCC1)c1ccc(N2CCCC2=O)cc1. The van der Waals surface area contributed by atoms with E-state index in [4.69, 9.17) is 0 Å². The fourth-order valence-corrected chi connectivity index (χ4v) is 4.30. The minimum absolute atomic E-state index is 0.122. The number of carbonyl (C=O) groups is 2. The summed E-state index contributed by atoms with van der Waals surface area (Å²) < 4.78 is 0. The van der Waals surface area contributed by atoms with Gasteiger partial charge in [0.25, 0.3) is 5.91 Å². The molecule has 0 saturated carbocycles. The maximum absolute atomic E-state index is 12.9. The molecule has 2 amide bonds. The average molecular weight is 405 g/mol. The molecule has 154 valence electrons. The van der Waals surface area contributed by atoms with Crippen molar-refractivity contribution in [2.75, 3.05) is 34.8 Å². The number of imidazole rings is 1. The lowest BCUT2D eigenvalue weighted by Gasteiger charge is -2.22. The minimum atomic E-state index is -0.270. The van der Waals surface area contributed by atoms with Crippen LogP contribution in [-0.4, -0.2) is 41.4 Å². The van der Waals surface area contributed by atoms with E-state index in [1.54, 1.807) is 23.1 Å². The van der Waals surface area contributed by atoms with Gasteiger partial charge in [-0.15, -0.1) is 0 Å². The largest absolute Gasteiger partial charge is 0.370 e. The molecule has 3 aromatic rings. The summed E-state index contributed by atoms with van der Waals surface area (Å²) in [5.74, 6) is -0.108. The molecule has 2 fully saturated rings. The van der Waals surface area contributed by atoms with Crippen molar-refractivity contribution in [2.45, 2.75) is 25.7 Å². The number of nitrogens with zero attached hydrogens (tertiary/aromatic N) is 2. The lowest BCUT2D eigenvalue weighted by atomic mass is 10.1. The number of benzene rings is 2. The van der Waals surface area contributed by atoms with E-state index in [0.717, 1.165) is 55.8 Å². The predicted octanol–water partition coefficient (Wildman–Crippen LogP) is 2.84. The van der Waals surface area contributed by atoms with Crippen LogP contribution in [0.2, 0.25) is 0 Å². The molecule has 0 bridgehead atoms. The molecule has 0 atom stereocenters. The van der Waals surface area contributed by atoms with Crippen LogP contribution in [0.5, 0.6) is 0 Å². The molecule has 1 aromatic heterocycles. The van der Waals surface area contributed by atoms with Gasteiger partial charge in [0.15, 0.2) is 0 Å². The second kappa shape index (κ2) is 7.37. The summed E-state index contributed by atoms with van der Waals surface area (Å²) in [7, 11) is 0. The minimum Gasteiger partial charge on any atom is -0.370 e. The number of H-pyrrole nitrogens is 2. The molecule has 3 N–H and O–H groups in total. The first-order valence-corrected chi connectivity index (χ1v) is 10.3. The highest BCUT2D eigenvalue weighted by Crippen LogP contribution is 2.32. The topological polar surface area (TPSA) is 101 Å². The Labute approximate surface area is 172 Å². The smallest absolute Gasteiger partial charge is 0.323 e. The van der Waals surface area contributed by atoms with Crippen LogP contribution >= 0.6 is 0 Å². The van der Waals surface area contributed by atoms with Crippen molar-refractivity contribution >= 4 is 39.9 Å². The molecule has 8 nitrogen and oxygen atoms in total. The van der Waals surface area contributed by atoms with Crippen molar-refractivity contribution in [1.82, 2.24) is 9.97 Å². The van der Waals surface area contributed by atoms with Gasteiger partial charge in [0.05, 0.1) is 22.4 Å². The number of anilines is 3. The van der Waals surface area contributed by atoms with E-state index in [2.05, 4.69) is 20.2 Å². The molecule has 0 unspecified atom stereocenters. The van der Waals surface area contributed by atoms with Gasteiger partial charge in [-0.05, 0) is 55.7 Å². The van der Waals surface area contributed by atoms with Crippen LogP contribution in [0, 0.1) is 0 Å². The van der Waals surface area contributed by atoms with Crippen LogP contribution in [0.1, 0.15) is 36.0 Å². The second-order valence-electron chi connectivity index (χ2n) is 7.84. The predicted molar refractivity (Wildman–Crippen MR) is 116 cm³/mol. The van der Waals surface area contributed by atoms with Gasteiger partial charge in [-0.1, -0.05) is 0 Å². The first-order chi connectivity index (χ1) is 14.6. The van der Waals surface area contributed by atoms with E-state index >= 15 is 0 Å². The van der Waals surface area contributed by atoms with Gasteiger partial charge < -0.3 is 25.1 Å². The Bertz CT molecular complexity index is 1170. The summed E-state index contributed by atoms with van der Waals surface area (Å²) in [6, 6.07) is 10.8. The summed E-state index contributed by atoms with van der Waals surface area (Å²) in [4.78, 5) is 46.1. The summed E-state index contributed by atoms with van der Waals surface area (Å²) in [6.07, 6.45) is 3.65. The molecule has 3 heterocycles. The fraction of sp³-hybridized carbons (Fsp3) is 0.318. The summed E-state index contributed by atoms with van der Waals surface area (Å²) in [5, 5.41) is 3.01. The number of fused-ring (bicyclic) bond motifs is 1. The molecule has 0 aliphatic carbocycles. The third kappa shape index (κ3) is 3.34. The molecule has 2 aromatic carbocycles. The van der Waals surface area contributed by atoms with Crippen molar-refractivity contribution in [3.63, 3.8) is 0 Å². The summed E-state index contributed by atoms with van der Waals surface area (Å²) in [5.41, 5.74) is 4.01. The summed E-state index contributed by atoms with van der Waals surface area (Å²) in [6.45, 7) is 2.56. The zero-order valence-electron chi connectivity index (χ0n) is 16.5. The number of hydrogen-bond donors (Lipinski definition) is 3. The van der Waals surface area contributed by atoms with E-state index in [0.29, 0.717) is 23.2 Å². The molecule has 2 aliphatic heterocycles. The number of nitrogens with one attached hydrogen (secondary N) is 3. The van der Waals surface area contributed by atoms with Crippen LogP contribution in [0.25, 0.3) is 11.0 Å². The Morgan fingerprint density at radius 3 is 2.27 bits per heavy atom. The Hall–Kier alpha value is -3.55. The number of amides is 2. The normalized spacial score (nSPS) is 16.6. The third-order valence-corrected chi connectivity index (χ3v) is 5.84. The van der Waals surface area contributed by atoms with Crippen molar-refractivity contribution in [2.24, 2.45) is 0 Å².